The molecule has 0 radical (unpaired) electrons. The summed E-state index contributed by atoms with van der Waals surface area (Å²) >= 11 is 0. The van der Waals surface area contributed by atoms with Gasteiger partial charge in [-0.25, -0.2) is 10.4 Å². The number of aromatic amines is 1. The summed E-state index contributed by atoms with van der Waals surface area (Å²) in [6.07, 6.45) is 1.58. The van der Waals surface area contributed by atoms with E-state index < -0.39 is 11.5 Å². The molecule has 3 N–H and O–H groups in total. The van der Waals surface area contributed by atoms with Crippen LogP contribution in [0.1, 0.15) is 16.7 Å². The van der Waals surface area contributed by atoms with E-state index in [0.29, 0.717) is 5.56 Å². The summed E-state index contributed by atoms with van der Waals surface area (Å²) < 4.78 is 0. The summed E-state index contributed by atoms with van der Waals surface area (Å²) in [6, 6.07) is 25.9. The number of nitriles is 1. The zero-order valence-electron chi connectivity index (χ0n) is 17.9. The Morgan fingerprint density at radius 1 is 1.00 bits per heavy atom. The van der Waals surface area contributed by atoms with Gasteiger partial charge in [0.25, 0.3) is 5.56 Å². The Balaban J connectivity index is 1.48. The third-order valence-corrected chi connectivity index (χ3v) is 5.02. The third kappa shape index (κ3) is 5.23. The number of carbonyl (C=O) groups is 1. The van der Waals surface area contributed by atoms with Gasteiger partial charge in [-0.2, -0.15) is 10.4 Å². The lowest BCUT2D eigenvalue weighted by molar-refractivity contribution is -0.136. The zero-order valence-corrected chi connectivity index (χ0v) is 17.9. The van der Waals surface area contributed by atoms with Crippen molar-refractivity contribution in [3.8, 4) is 28.5 Å². The van der Waals surface area contributed by atoms with Gasteiger partial charge in [0.2, 0.25) is 5.95 Å². The minimum Gasteiger partial charge on any atom is -0.481 e. The number of benzene rings is 3. The summed E-state index contributed by atoms with van der Waals surface area (Å²) in [5.41, 5.74) is 6.56. The average molecular weight is 449 g/mol. The van der Waals surface area contributed by atoms with Gasteiger partial charge in [-0.1, -0.05) is 78.9 Å². The summed E-state index contributed by atoms with van der Waals surface area (Å²) in [4.78, 5) is 30.0. The second-order valence-corrected chi connectivity index (χ2v) is 7.38. The molecule has 34 heavy (non-hydrogen) atoms. The van der Waals surface area contributed by atoms with Gasteiger partial charge in [0.1, 0.15) is 11.6 Å². The molecule has 8 heteroatoms. The smallest absolute Gasteiger partial charge is 0.307 e. The van der Waals surface area contributed by atoms with Crippen LogP contribution >= 0.6 is 0 Å². The van der Waals surface area contributed by atoms with Crippen molar-refractivity contribution in [1.82, 2.24) is 9.97 Å². The van der Waals surface area contributed by atoms with Crippen LogP contribution in [0.5, 0.6) is 0 Å². The molecule has 1 aromatic heterocycles. The molecule has 0 saturated carbocycles. The van der Waals surface area contributed by atoms with Crippen LogP contribution in [-0.4, -0.2) is 27.3 Å². The van der Waals surface area contributed by atoms with E-state index in [1.54, 1.807) is 42.6 Å². The van der Waals surface area contributed by atoms with Crippen LogP contribution in [0.3, 0.4) is 0 Å². The number of hydrogen-bond donors (Lipinski definition) is 3. The highest BCUT2D eigenvalue weighted by Crippen LogP contribution is 2.21. The maximum Gasteiger partial charge on any atom is 0.307 e. The van der Waals surface area contributed by atoms with Gasteiger partial charge < -0.3 is 5.11 Å². The topological polar surface area (TPSA) is 131 Å². The molecule has 0 fully saturated rings. The van der Waals surface area contributed by atoms with Gasteiger partial charge in [-0.15, -0.1) is 0 Å². The van der Waals surface area contributed by atoms with Crippen LogP contribution in [0, 0.1) is 11.3 Å². The first kappa shape index (κ1) is 22.2. The van der Waals surface area contributed by atoms with Crippen LogP contribution in [0.25, 0.3) is 22.4 Å². The van der Waals surface area contributed by atoms with Crippen molar-refractivity contribution in [2.75, 3.05) is 5.43 Å². The van der Waals surface area contributed by atoms with Crippen LogP contribution in [0.15, 0.2) is 88.8 Å². The normalized spacial score (nSPS) is 10.7. The predicted octanol–water partition coefficient (Wildman–Crippen LogP) is 4.05. The number of nitrogens with zero attached hydrogens (tertiary/aromatic N) is 3. The van der Waals surface area contributed by atoms with Crippen LogP contribution in [-0.2, 0) is 11.2 Å². The number of carboxylic acid groups (broad SMARTS) is 1. The lowest BCUT2D eigenvalue weighted by atomic mass is 10.0. The van der Waals surface area contributed by atoms with Crippen molar-refractivity contribution in [3.05, 3.63) is 106 Å². The number of anilines is 1. The molecule has 0 aliphatic rings. The molecule has 1 heterocycles. The zero-order chi connectivity index (χ0) is 23.9. The monoisotopic (exact) mass is 449 g/mol. The molecule has 8 nitrogen and oxygen atoms in total. The van der Waals surface area contributed by atoms with Gasteiger partial charge >= 0.3 is 5.97 Å². The number of H-pyrrole nitrogens is 1. The predicted molar refractivity (Wildman–Crippen MR) is 129 cm³/mol. The van der Waals surface area contributed by atoms with Crippen molar-refractivity contribution in [2.45, 2.75) is 6.42 Å². The first-order valence-corrected chi connectivity index (χ1v) is 10.3. The van der Waals surface area contributed by atoms with E-state index in [1.165, 1.54) is 0 Å². The molecule has 0 aliphatic heterocycles. The van der Waals surface area contributed by atoms with E-state index in [2.05, 4.69) is 20.5 Å². The van der Waals surface area contributed by atoms with Gasteiger partial charge in [-0.3, -0.25) is 14.6 Å². The highest BCUT2D eigenvalue weighted by Gasteiger charge is 2.12. The Morgan fingerprint density at radius 2 is 1.65 bits per heavy atom. The second-order valence-electron chi connectivity index (χ2n) is 7.38. The van der Waals surface area contributed by atoms with Crippen LogP contribution in [0.4, 0.5) is 5.95 Å². The van der Waals surface area contributed by atoms with Gasteiger partial charge in [-0.05, 0) is 22.3 Å². The Kier molecular flexibility index (Phi) is 6.56. The quantitative estimate of drug-likeness (QED) is 0.288. The van der Waals surface area contributed by atoms with E-state index in [1.807, 2.05) is 48.5 Å². The SMILES string of the molecule is N#Cc1c(-c2ccccc2)nc(NN=Cc2ccc(-c3ccc(CC(=O)O)cc3)cc2)[nH]c1=O. The maximum atomic E-state index is 12.3. The Morgan fingerprint density at radius 3 is 2.26 bits per heavy atom. The molecule has 4 aromatic rings. The first-order chi connectivity index (χ1) is 16.5. The molecule has 0 atom stereocenters. The largest absolute Gasteiger partial charge is 0.481 e. The minimum absolute atomic E-state index is 0.00507. The molecular weight excluding hydrogens is 430 g/mol. The molecule has 0 amide bonds. The lowest BCUT2D eigenvalue weighted by Crippen LogP contribution is -2.16. The highest BCUT2D eigenvalue weighted by atomic mass is 16.4. The number of hydrazone groups is 1. The lowest BCUT2D eigenvalue weighted by Gasteiger charge is -2.06. The van der Waals surface area contributed by atoms with Gasteiger partial charge in [0.05, 0.1) is 18.3 Å². The van der Waals surface area contributed by atoms with Crippen molar-refractivity contribution < 1.29 is 9.90 Å². The van der Waals surface area contributed by atoms with Crippen molar-refractivity contribution in [2.24, 2.45) is 5.10 Å². The van der Waals surface area contributed by atoms with Crippen molar-refractivity contribution >= 4 is 18.1 Å². The summed E-state index contributed by atoms with van der Waals surface area (Å²) in [7, 11) is 0. The fraction of sp³-hybridized carbons (Fsp3) is 0.0385. The summed E-state index contributed by atoms with van der Waals surface area (Å²) in [6.45, 7) is 0. The standard InChI is InChI=1S/C26H19N5O3/c27-15-22-24(21-4-2-1-3-5-21)29-26(30-25(22)34)31-28-16-18-8-12-20(13-9-18)19-10-6-17(7-11-19)14-23(32)33/h1-13,16H,14H2,(H,32,33)(H2,29,30,31,34). The molecule has 0 bridgehead atoms. The molecule has 3 aromatic carbocycles. The maximum absolute atomic E-state index is 12.3. The van der Waals surface area contributed by atoms with E-state index in [0.717, 1.165) is 22.3 Å². The minimum atomic E-state index is -0.860. The fourth-order valence-corrected chi connectivity index (χ4v) is 3.35. The van der Waals surface area contributed by atoms with Crippen LogP contribution in [0.2, 0.25) is 0 Å². The van der Waals surface area contributed by atoms with Crippen molar-refractivity contribution in [3.63, 3.8) is 0 Å². The van der Waals surface area contributed by atoms with E-state index in [9.17, 15) is 14.9 Å². The Bertz CT molecular complexity index is 1440. The van der Waals surface area contributed by atoms with Crippen molar-refractivity contribution in [1.29, 1.82) is 5.26 Å². The van der Waals surface area contributed by atoms with Gasteiger partial charge in [0.15, 0.2) is 0 Å². The first-order valence-electron chi connectivity index (χ1n) is 10.3. The molecule has 166 valence electrons. The molecule has 0 aliphatic carbocycles. The third-order valence-electron chi connectivity index (χ3n) is 5.02. The number of carboxylic acids is 1. The number of rotatable bonds is 7. The van der Waals surface area contributed by atoms with Gasteiger partial charge in [0, 0.05) is 5.56 Å². The highest BCUT2D eigenvalue weighted by molar-refractivity contribution is 5.81. The van der Waals surface area contributed by atoms with E-state index >= 15 is 0 Å². The van der Waals surface area contributed by atoms with Crippen LogP contribution < -0.4 is 11.0 Å². The molecule has 0 unspecified atom stereocenters. The fourth-order valence-electron chi connectivity index (χ4n) is 3.35. The van der Waals surface area contributed by atoms with E-state index in [-0.39, 0.29) is 23.6 Å². The number of aliphatic carboxylic acids is 1. The number of hydrogen-bond acceptors (Lipinski definition) is 6. The second kappa shape index (κ2) is 10.1. The molecular formula is C26H19N5O3. The summed E-state index contributed by atoms with van der Waals surface area (Å²) in [5, 5.41) is 22.4. The molecule has 4 rings (SSSR count). The average Bonchev–Trinajstić information content (AvgIpc) is 2.85. The molecule has 0 spiro atoms. The number of nitrogens with one attached hydrogen (secondary N) is 2. The molecule has 0 saturated heterocycles. The summed E-state index contributed by atoms with van der Waals surface area (Å²) in [5.74, 6) is -0.737. The Hall–Kier alpha value is -5.03. The Labute approximate surface area is 194 Å². The number of aromatic nitrogens is 2. The van der Waals surface area contributed by atoms with E-state index in [4.69, 9.17) is 5.11 Å².